The first kappa shape index (κ1) is 29.5. The number of nitriles is 1. The van der Waals surface area contributed by atoms with Crippen LogP contribution >= 0.6 is 11.6 Å². The number of nitrogens with zero attached hydrogens (tertiary/aromatic N) is 5. The lowest BCUT2D eigenvalue weighted by Gasteiger charge is -2.19. The molecular formula is C34H31ClN6O2. The van der Waals surface area contributed by atoms with Crippen LogP contribution in [0.2, 0.25) is 5.02 Å². The number of anilines is 2. The topological polar surface area (TPSA) is 104 Å². The highest BCUT2D eigenvalue weighted by Crippen LogP contribution is 2.34. The number of aryl methyl sites for hydroxylation is 1. The lowest BCUT2D eigenvalue weighted by atomic mass is 9.86. The van der Waals surface area contributed by atoms with Gasteiger partial charge in [-0.05, 0) is 85.5 Å². The van der Waals surface area contributed by atoms with Gasteiger partial charge in [-0.3, -0.25) is 14.8 Å². The Hall–Kier alpha value is -5.00. The second-order valence-corrected chi connectivity index (χ2v) is 11.3. The zero-order valence-electron chi connectivity index (χ0n) is 24.6. The maximum absolute atomic E-state index is 13.1. The molecule has 0 unspecified atom stereocenters. The van der Waals surface area contributed by atoms with E-state index in [2.05, 4.69) is 26.3 Å². The summed E-state index contributed by atoms with van der Waals surface area (Å²) in [6, 6.07) is 21.2. The first-order valence-electron chi connectivity index (χ1n) is 13.7. The number of hydrogen-bond donors (Lipinski definition) is 1. The molecule has 0 saturated heterocycles. The Balaban J connectivity index is 1.38. The molecule has 0 bridgehead atoms. The van der Waals surface area contributed by atoms with E-state index in [-0.39, 0.29) is 5.69 Å². The normalized spacial score (nSPS) is 11.2. The fourth-order valence-corrected chi connectivity index (χ4v) is 4.99. The van der Waals surface area contributed by atoms with Gasteiger partial charge in [0.15, 0.2) is 0 Å². The molecule has 0 saturated carbocycles. The molecule has 0 spiro atoms. The van der Waals surface area contributed by atoms with Gasteiger partial charge in [-0.25, -0.2) is 4.98 Å². The molecule has 43 heavy (non-hydrogen) atoms. The molecule has 0 aliphatic carbocycles. The molecule has 8 nitrogen and oxygen atoms in total. The largest absolute Gasteiger partial charge is 0.497 e. The summed E-state index contributed by atoms with van der Waals surface area (Å²) in [5.74, 6) is 1.22. The number of ether oxygens (including phenoxy) is 1. The predicted molar refractivity (Wildman–Crippen MR) is 171 cm³/mol. The van der Waals surface area contributed by atoms with Crippen LogP contribution in [0.4, 0.5) is 11.5 Å². The number of pyridine rings is 3. The maximum Gasteiger partial charge on any atom is 0.274 e. The molecule has 3 heterocycles. The van der Waals surface area contributed by atoms with E-state index in [4.69, 9.17) is 21.3 Å². The van der Waals surface area contributed by atoms with E-state index in [1.165, 1.54) is 6.20 Å². The lowest BCUT2D eigenvalue weighted by molar-refractivity contribution is 0.102. The fraction of sp³-hybridized carbons (Fsp3) is 0.206. The van der Waals surface area contributed by atoms with Crippen molar-refractivity contribution < 1.29 is 9.53 Å². The molecule has 5 aromatic rings. The Morgan fingerprint density at radius 1 is 1.05 bits per heavy atom. The first-order chi connectivity index (χ1) is 20.6. The number of nitrogens with one attached hydrogen (secondary N) is 1. The number of carbonyl (C=O) groups excluding carboxylic acids is 1. The number of rotatable bonds is 8. The van der Waals surface area contributed by atoms with Crippen LogP contribution < -0.4 is 15.0 Å². The number of methoxy groups -OCH3 is 1. The second-order valence-electron chi connectivity index (χ2n) is 10.9. The van der Waals surface area contributed by atoms with Crippen LogP contribution in [0.15, 0.2) is 79.3 Å². The van der Waals surface area contributed by atoms with Crippen molar-refractivity contribution in [1.82, 2.24) is 15.0 Å². The Morgan fingerprint density at radius 3 is 2.53 bits per heavy atom. The van der Waals surface area contributed by atoms with Crippen molar-refractivity contribution in [2.75, 3.05) is 24.4 Å². The van der Waals surface area contributed by atoms with Crippen LogP contribution in [0.3, 0.4) is 0 Å². The molecule has 0 aliphatic heterocycles. The van der Waals surface area contributed by atoms with Gasteiger partial charge in [0.25, 0.3) is 5.91 Å². The van der Waals surface area contributed by atoms with E-state index < -0.39 is 11.3 Å². The molecule has 0 atom stereocenters. The average molecular weight is 591 g/mol. The zero-order chi connectivity index (χ0) is 30.7. The van der Waals surface area contributed by atoms with E-state index in [0.717, 1.165) is 44.7 Å². The van der Waals surface area contributed by atoms with Crippen molar-refractivity contribution >= 4 is 39.9 Å². The minimum atomic E-state index is -0.753. The van der Waals surface area contributed by atoms with Crippen molar-refractivity contribution in [3.8, 4) is 22.9 Å². The van der Waals surface area contributed by atoms with Crippen LogP contribution in [0.25, 0.3) is 22.0 Å². The van der Waals surface area contributed by atoms with Crippen LogP contribution in [0.5, 0.6) is 5.75 Å². The molecule has 0 radical (unpaired) electrons. The van der Waals surface area contributed by atoms with Gasteiger partial charge in [-0.15, -0.1) is 0 Å². The standard InChI is InChI=1S/C34H31ClN6O2/c1-21-12-28(35)30(40-33(42)31-14-25(10-11-37-31)34(2,3)20-36)15-27(21)23-13-24-18-39-32(16-29(24)38-17-23)41(4)19-22-6-8-26(43-5)9-7-22/h6-18H,19H2,1-5H3,(H,40,42). The fourth-order valence-electron chi connectivity index (χ4n) is 4.73. The first-order valence-corrected chi connectivity index (χ1v) is 14.1. The molecule has 1 N–H and O–H groups in total. The summed E-state index contributed by atoms with van der Waals surface area (Å²) in [6.45, 7) is 6.24. The number of hydrogen-bond acceptors (Lipinski definition) is 7. The third-order valence-corrected chi connectivity index (χ3v) is 7.70. The minimum Gasteiger partial charge on any atom is -0.497 e. The van der Waals surface area contributed by atoms with Crippen molar-refractivity contribution in [3.63, 3.8) is 0 Å². The molecule has 0 fully saturated rings. The molecule has 1 amide bonds. The van der Waals surface area contributed by atoms with Crippen molar-refractivity contribution in [1.29, 1.82) is 5.26 Å². The van der Waals surface area contributed by atoms with Gasteiger partial charge >= 0.3 is 0 Å². The van der Waals surface area contributed by atoms with Gasteiger partial charge in [0, 0.05) is 49.2 Å². The Bertz CT molecular complexity index is 1860. The number of benzene rings is 2. The highest BCUT2D eigenvalue weighted by atomic mass is 35.5. The van der Waals surface area contributed by atoms with Gasteiger partial charge in [0.2, 0.25) is 0 Å². The number of fused-ring (bicyclic) bond motifs is 1. The quantitative estimate of drug-likeness (QED) is 0.201. The molecule has 216 valence electrons. The van der Waals surface area contributed by atoms with Gasteiger partial charge in [0.1, 0.15) is 17.3 Å². The zero-order valence-corrected chi connectivity index (χ0v) is 25.4. The van der Waals surface area contributed by atoms with Crippen LogP contribution in [0, 0.1) is 18.3 Å². The smallest absolute Gasteiger partial charge is 0.274 e. The van der Waals surface area contributed by atoms with Crippen molar-refractivity contribution in [3.05, 3.63) is 107 Å². The third-order valence-electron chi connectivity index (χ3n) is 7.39. The maximum atomic E-state index is 13.1. The highest BCUT2D eigenvalue weighted by Gasteiger charge is 2.22. The number of halogens is 1. The minimum absolute atomic E-state index is 0.199. The van der Waals surface area contributed by atoms with E-state index in [1.807, 2.05) is 74.9 Å². The number of aromatic nitrogens is 3. The number of carbonyl (C=O) groups is 1. The molecule has 5 rings (SSSR count). The Kier molecular flexibility index (Phi) is 8.29. The lowest BCUT2D eigenvalue weighted by Crippen LogP contribution is -2.18. The van der Waals surface area contributed by atoms with Crippen molar-refractivity contribution in [2.45, 2.75) is 32.7 Å². The highest BCUT2D eigenvalue weighted by molar-refractivity contribution is 6.34. The molecular weight excluding hydrogens is 560 g/mol. The second kappa shape index (κ2) is 12.1. The summed E-state index contributed by atoms with van der Waals surface area (Å²) in [4.78, 5) is 28.8. The van der Waals surface area contributed by atoms with E-state index in [1.54, 1.807) is 33.1 Å². The van der Waals surface area contributed by atoms with E-state index in [0.29, 0.717) is 22.8 Å². The summed E-state index contributed by atoms with van der Waals surface area (Å²) < 4.78 is 5.25. The Labute approximate surface area is 256 Å². The summed E-state index contributed by atoms with van der Waals surface area (Å²) in [5.41, 5.74) is 5.25. The SMILES string of the molecule is COc1ccc(CN(C)c2cc3ncc(-c4cc(NC(=O)c5cc(C(C)(C)C#N)ccn5)c(Cl)cc4C)cc3cn2)cc1. The van der Waals surface area contributed by atoms with Gasteiger partial charge in [-0.1, -0.05) is 23.7 Å². The monoisotopic (exact) mass is 590 g/mol. The van der Waals surface area contributed by atoms with Crippen LogP contribution in [-0.4, -0.2) is 35.0 Å². The van der Waals surface area contributed by atoms with E-state index in [9.17, 15) is 10.1 Å². The molecule has 0 aliphatic rings. The summed E-state index contributed by atoms with van der Waals surface area (Å²) in [5, 5.41) is 13.7. The Morgan fingerprint density at radius 2 is 1.81 bits per heavy atom. The molecule has 9 heteroatoms. The molecule has 3 aromatic heterocycles. The van der Waals surface area contributed by atoms with Gasteiger partial charge in [-0.2, -0.15) is 5.26 Å². The summed E-state index contributed by atoms with van der Waals surface area (Å²) >= 11 is 6.55. The van der Waals surface area contributed by atoms with Gasteiger partial charge < -0.3 is 15.0 Å². The predicted octanol–water partition coefficient (Wildman–Crippen LogP) is 7.35. The van der Waals surface area contributed by atoms with Crippen molar-refractivity contribution in [2.24, 2.45) is 0 Å². The molecule has 2 aromatic carbocycles. The summed E-state index contributed by atoms with van der Waals surface area (Å²) in [7, 11) is 3.65. The van der Waals surface area contributed by atoms with E-state index >= 15 is 0 Å². The number of amides is 1. The summed E-state index contributed by atoms with van der Waals surface area (Å²) in [6.07, 6.45) is 5.16. The van der Waals surface area contributed by atoms with Gasteiger partial charge in [0.05, 0.1) is 34.8 Å². The average Bonchev–Trinajstić information content (AvgIpc) is 3.02. The third kappa shape index (κ3) is 6.42. The van der Waals surface area contributed by atoms with Crippen LogP contribution in [0.1, 0.15) is 41.0 Å². The van der Waals surface area contributed by atoms with Crippen LogP contribution in [-0.2, 0) is 12.0 Å².